The van der Waals surface area contributed by atoms with Crippen LogP contribution in [0.2, 0.25) is 0 Å². The van der Waals surface area contributed by atoms with Gasteiger partial charge in [-0.25, -0.2) is 4.79 Å². The first-order valence-corrected chi connectivity index (χ1v) is 9.61. The van der Waals surface area contributed by atoms with Crippen LogP contribution in [0.1, 0.15) is 28.5 Å². The minimum absolute atomic E-state index is 0.302. The molecule has 3 rings (SSSR count). The summed E-state index contributed by atoms with van der Waals surface area (Å²) < 4.78 is 0. The Kier molecular flexibility index (Phi) is 7.07. The molecule has 2 aromatic heterocycles. The van der Waals surface area contributed by atoms with Crippen LogP contribution in [-0.4, -0.2) is 28.5 Å². The van der Waals surface area contributed by atoms with E-state index in [1.165, 1.54) is 0 Å². The van der Waals surface area contributed by atoms with Gasteiger partial charge in [-0.2, -0.15) is 0 Å². The zero-order valence-electron chi connectivity index (χ0n) is 16.7. The van der Waals surface area contributed by atoms with Crippen LogP contribution in [0.15, 0.2) is 60.9 Å². The van der Waals surface area contributed by atoms with Gasteiger partial charge in [-0.3, -0.25) is 14.8 Å². The van der Waals surface area contributed by atoms with Crippen LogP contribution in [0.5, 0.6) is 0 Å². The monoisotopic (exact) mass is 404 g/mol. The largest absolute Gasteiger partial charge is 0.366 e. The first kappa shape index (κ1) is 20.9. The van der Waals surface area contributed by atoms with Crippen molar-refractivity contribution in [2.45, 2.75) is 20.0 Å². The van der Waals surface area contributed by atoms with Gasteiger partial charge in [0.15, 0.2) is 0 Å². The number of hydrogen-bond acceptors (Lipinski definition) is 5. The highest BCUT2D eigenvalue weighted by molar-refractivity contribution is 5.94. The third-order valence-electron chi connectivity index (χ3n) is 4.40. The molecule has 0 bridgehead atoms. The van der Waals surface area contributed by atoms with Gasteiger partial charge in [0.2, 0.25) is 0 Å². The van der Waals surface area contributed by atoms with Crippen molar-refractivity contribution in [3.05, 3.63) is 77.7 Å². The first-order valence-electron chi connectivity index (χ1n) is 9.61. The number of anilines is 1. The number of urea groups is 1. The Morgan fingerprint density at radius 2 is 1.83 bits per heavy atom. The van der Waals surface area contributed by atoms with Crippen molar-refractivity contribution in [3.63, 3.8) is 0 Å². The van der Waals surface area contributed by atoms with Crippen molar-refractivity contribution >= 4 is 17.6 Å². The van der Waals surface area contributed by atoms with E-state index in [9.17, 15) is 9.59 Å². The zero-order valence-corrected chi connectivity index (χ0v) is 16.7. The molecule has 2 heterocycles. The molecule has 8 heteroatoms. The number of rotatable bonds is 8. The Morgan fingerprint density at radius 1 is 1.03 bits per heavy atom. The fourth-order valence-electron chi connectivity index (χ4n) is 2.85. The number of carbonyl (C=O) groups excluding carboxylic acids is 2. The number of benzene rings is 1. The number of nitrogens with two attached hydrogens (primary N) is 1. The molecule has 5 N–H and O–H groups in total. The molecule has 1 aromatic carbocycles. The Balaban J connectivity index is 1.66. The average molecular weight is 404 g/mol. The summed E-state index contributed by atoms with van der Waals surface area (Å²) in [4.78, 5) is 32.3. The summed E-state index contributed by atoms with van der Waals surface area (Å²) in [6, 6.07) is 14.2. The molecular weight excluding hydrogens is 380 g/mol. The minimum atomic E-state index is -0.501. The highest BCUT2D eigenvalue weighted by atomic mass is 16.2. The summed E-state index contributed by atoms with van der Waals surface area (Å²) in [5.74, 6) is -0.501. The van der Waals surface area contributed by atoms with E-state index in [0.717, 1.165) is 23.4 Å². The van der Waals surface area contributed by atoms with Gasteiger partial charge in [0.25, 0.3) is 5.91 Å². The molecule has 154 valence electrons. The lowest BCUT2D eigenvalue weighted by atomic mass is 10.1. The Labute approximate surface area is 174 Å². The fraction of sp³-hybridized carbons (Fsp3) is 0.182. The molecule has 0 aliphatic heterocycles. The Hall–Kier alpha value is -3.78. The second-order valence-electron chi connectivity index (χ2n) is 6.58. The topological polar surface area (TPSA) is 122 Å². The second kappa shape index (κ2) is 10.1. The van der Waals surface area contributed by atoms with Gasteiger partial charge in [-0.05, 0) is 42.4 Å². The molecule has 8 nitrogen and oxygen atoms in total. The number of nitrogens with one attached hydrogen (secondary N) is 3. The smallest absolute Gasteiger partial charge is 0.319 e. The van der Waals surface area contributed by atoms with Gasteiger partial charge >= 0.3 is 6.03 Å². The molecule has 0 radical (unpaired) electrons. The highest BCUT2D eigenvalue weighted by Gasteiger charge is 2.11. The molecule has 0 saturated heterocycles. The van der Waals surface area contributed by atoms with Gasteiger partial charge in [-0.1, -0.05) is 25.1 Å². The van der Waals surface area contributed by atoms with Crippen molar-refractivity contribution in [3.8, 4) is 11.3 Å². The van der Waals surface area contributed by atoms with Crippen molar-refractivity contribution in [2.24, 2.45) is 5.73 Å². The molecule has 0 aliphatic rings. The maximum atomic E-state index is 12.1. The average Bonchev–Trinajstić information content (AvgIpc) is 2.77. The van der Waals surface area contributed by atoms with Gasteiger partial charge in [0.1, 0.15) is 0 Å². The first-order chi connectivity index (χ1) is 14.6. The molecule has 0 fully saturated rings. The third kappa shape index (κ3) is 5.62. The van der Waals surface area contributed by atoms with E-state index in [1.54, 1.807) is 36.7 Å². The van der Waals surface area contributed by atoms with Crippen LogP contribution in [-0.2, 0) is 13.1 Å². The normalized spacial score (nSPS) is 10.4. The van der Waals surface area contributed by atoms with Crippen LogP contribution in [0.4, 0.5) is 10.5 Å². The van der Waals surface area contributed by atoms with Gasteiger partial charge in [0.05, 0.1) is 17.0 Å². The maximum absolute atomic E-state index is 12.1. The number of pyridine rings is 2. The van der Waals surface area contributed by atoms with E-state index < -0.39 is 5.91 Å². The van der Waals surface area contributed by atoms with Crippen molar-refractivity contribution < 1.29 is 9.59 Å². The summed E-state index contributed by atoms with van der Waals surface area (Å²) >= 11 is 0. The number of aromatic nitrogens is 2. The van der Waals surface area contributed by atoms with E-state index in [4.69, 9.17) is 5.73 Å². The Bertz CT molecular complexity index is 1010. The number of hydrogen-bond donors (Lipinski definition) is 4. The quantitative estimate of drug-likeness (QED) is 0.460. The van der Waals surface area contributed by atoms with Crippen molar-refractivity contribution in [1.29, 1.82) is 0 Å². The van der Waals surface area contributed by atoms with Crippen LogP contribution in [0.3, 0.4) is 0 Å². The summed E-state index contributed by atoms with van der Waals surface area (Å²) in [5, 5.41) is 8.74. The fourth-order valence-corrected chi connectivity index (χ4v) is 2.85. The number of primary amides is 1. The number of nitrogens with zero attached hydrogens (tertiary/aromatic N) is 2. The SMILES string of the molecule is CCNCc1nc(-c2ccc(NC(=O)NCc3cccnc3)cc2)ccc1C(N)=O. The van der Waals surface area contributed by atoms with Crippen LogP contribution in [0.25, 0.3) is 11.3 Å². The van der Waals surface area contributed by atoms with Crippen molar-refractivity contribution in [2.75, 3.05) is 11.9 Å². The second-order valence-corrected chi connectivity index (χ2v) is 6.58. The maximum Gasteiger partial charge on any atom is 0.319 e. The van der Waals surface area contributed by atoms with E-state index in [0.29, 0.717) is 30.0 Å². The standard InChI is InChI=1S/C22H24N6O2/c1-2-24-14-20-18(21(23)29)9-10-19(28-20)16-5-7-17(8-6-16)27-22(30)26-13-15-4-3-11-25-12-15/h3-12,24H,2,13-14H2,1H3,(H2,23,29)(H2,26,27,30). The molecule has 0 aliphatic carbocycles. The third-order valence-corrected chi connectivity index (χ3v) is 4.40. The predicted molar refractivity (Wildman–Crippen MR) is 116 cm³/mol. The van der Waals surface area contributed by atoms with Crippen LogP contribution < -0.4 is 21.7 Å². The molecule has 30 heavy (non-hydrogen) atoms. The molecule has 3 aromatic rings. The number of carbonyl (C=O) groups is 2. The summed E-state index contributed by atoms with van der Waals surface area (Å²) in [7, 11) is 0. The predicted octanol–water partition coefficient (Wildman–Crippen LogP) is 2.67. The molecule has 0 saturated carbocycles. The molecule has 0 atom stereocenters. The molecule has 3 amide bonds. The van der Waals surface area contributed by atoms with Gasteiger partial charge in [-0.15, -0.1) is 0 Å². The van der Waals surface area contributed by atoms with E-state index in [-0.39, 0.29) is 6.03 Å². The summed E-state index contributed by atoms with van der Waals surface area (Å²) in [5.41, 5.74) is 9.63. The molecule has 0 spiro atoms. The lowest BCUT2D eigenvalue weighted by Crippen LogP contribution is -2.28. The molecular formula is C22H24N6O2. The minimum Gasteiger partial charge on any atom is -0.366 e. The lowest BCUT2D eigenvalue weighted by Gasteiger charge is -2.11. The van der Waals surface area contributed by atoms with Gasteiger partial charge < -0.3 is 21.7 Å². The summed E-state index contributed by atoms with van der Waals surface area (Å²) in [6.45, 7) is 3.58. The summed E-state index contributed by atoms with van der Waals surface area (Å²) in [6.07, 6.45) is 3.39. The van der Waals surface area contributed by atoms with E-state index >= 15 is 0 Å². The van der Waals surface area contributed by atoms with Crippen LogP contribution >= 0.6 is 0 Å². The van der Waals surface area contributed by atoms with Crippen LogP contribution in [0, 0.1) is 0 Å². The lowest BCUT2D eigenvalue weighted by molar-refractivity contribution is 0.0999. The zero-order chi connectivity index (χ0) is 21.3. The Morgan fingerprint density at radius 3 is 2.50 bits per heavy atom. The number of amides is 3. The molecule has 0 unspecified atom stereocenters. The van der Waals surface area contributed by atoms with Gasteiger partial charge in [0, 0.05) is 36.7 Å². The van der Waals surface area contributed by atoms with Crippen molar-refractivity contribution in [1.82, 2.24) is 20.6 Å². The highest BCUT2D eigenvalue weighted by Crippen LogP contribution is 2.21. The van der Waals surface area contributed by atoms with E-state index in [1.807, 2.05) is 31.2 Å². The van der Waals surface area contributed by atoms with E-state index in [2.05, 4.69) is 25.9 Å².